The van der Waals surface area contributed by atoms with E-state index < -0.39 is 0 Å². The SMILES string of the molecule is CNC1c2ccccc2CC1N(CCOC)C(C)C. The van der Waals surface area contributed by atoms with Crippen molar-refractivity contribution in [1.29, 1.82) is 0 Å². The van der Waals surface area contributed by atoms with Crippen molar-refractivity contribution >= 4 is 0 Å². The first-order valence-corrected chi connectivity index (χ1v) is 7.18. The second kappa shape index (κ2) is 6.51. The highest BCUT2D eigenvalue weighted by Gasteiger charge is 2.35. The molecule has 2 atom stereocenters. The summed E-state index contributed by atoms with van der Waals surface area (Å²) in [6.07, 6.45) is 1.13. The third-order valence-corrected chi connectivity index (χ3v) is 4.16. The number of likely N-dealkylation sites (N-methyl/N-ethyl adjacent to an activating group) is 1. The van der Waals surface area contributed by atoms with Crippen LogP contribution in [0.5, 0.6) is 0 Å². The molecule has 0 amide bonds. The largest absolute Gasteiger partial charge is 0.383 e. The Kier molecular flexibility index (Phi) is 4.97. The molecule has 19 heavy (non-hydrogen) atoms. The Morgan fingerprint density at radius 2 is 2.11 bits per heavy atom. The lowest BCUT2D eigenvalue weighted by molar-refractivity contribution is 0.0843. The third kappa shape index (κ3) is 2.99. The molecule has 2 rings (SSSR count). The lowest BCUT2D eigenvalue weighted by Gasteiger charge is -2.36. The molecule has 3 nitrogen and oxygen atoms in total. The molecule has 0 aliphatic heterocycles. The highest BCUT2D eigenvalue weighted by Crippen LogP contribution is 2.34. The number of ether oxygens (including phenoxy) is 1. The average molecular weight is 262 g/mol. The molecule has 0 heterocycles. The van der Waals surface area contributed by atoms with Crippen LogP contribution in [0, 0.1) is 0 Å². The van der Waals surface area contributed by atoms with Crippen LogP contribution in [-0.2, 0) is 11.2 Å². The summed E-state index contributed by atoms with van der Waals surface area (Å²) < 4.78 is 5.27. The average Bonchev–Trinajstić information content (AvgIpc) is 2.77. The molecule has 0 spiro atoms. The summed E-state index contributed by atoms with van der Waals surface area (Å²) in [6, 6.07) is 10.3. The topological polar surface area (TPSA) is 24.5 Å². The Balaban J connectivity index is 2.20. The Bertz CT molecular complexity index is 405. The van der Waals surface area contributed by atoms with Crippen LogP contribution in [0.4, 0.5) is 0 Å². The molecule has 0 saturated carbocycles. The van der Waals surface area contributed by atoms with E-state index in [1.165, 1.54) is 11.1 Å². The molecular formula is C16H26N2O. The summed E-state index contributed by atoms with van der Waals surface area (Å²) in [6.45, 7) is 6.32. The monoisotopic (exact) mass is 262 g/mol. The van der Waals surface area contributed by atoms with E-state index in [4.69, 9.17) is 4.74 Å². The van der Waals surface area contributed by atoms with Crippen molar-refractivity contribution in [3.05, 3.63) is 35.4 Å². The van der Waals surface area contributed by atoms with Crippen LogP contribution < -0.4 is 5.32 Å². The highest BCUT2D eigenvalue weighted by molar-refractivity contribution is 5.37. The molecule has 2 unspecified atom stereocenters. The fourth-order valence-electron chi connectivity index (χ4n) is 3.23. The molecule has 1 aliphatic carbocycles. The van der Waals surface area contributed by atoms with Crippen LogP contribution in [0.3, 0.4) is 0 Å². The first-order valence-electron chi connectivity index (χ1n) is 7.18. The summed E-state index contributed by atoms with van der Waals surface area (Å²) in [5.74, 6) is 0. The fourth-order valence-corrected chi connectivity index (χ4v) is 3.23. The number of hydrogen-bond donors (Lipinski definition) is 1. The maximum absolute atomic E-state index is 5.27. The number of nitrogens with zero attached hydrogens (tertiary/aromatic N) is 1. The summed E-state index contributed by atoms with van der Waals surface area (Å²) in [5.41, 5.74) is 2.94. The number of hydrogen-bond acceptors (Lipinski definition) is 3. The van der Waals surface area contributed by atoms with Gasteiger partial charge in [-0.25, -0.2) is 0 Å². The van der Waals surface area contributed by atoms with Crippen molar-refractivity contribution in [3.8, 4) is 0 Å². The van der Waals surface area contributed by atoms with Crippen molar-refractivity contribution in [2.24, 2.45) is 0 Å². The minimum atomic E-state index is 0.426. The van der Waals surface area contributed by atoms with Crippen LogP contribution in [0.2, 0.25) is 0 Å². The summed E-state index contributed by atoms with van der Waals surface area (Å²) in [7, 11) is 3.84. The van der Waals surface area contributed by atoms with Crippen LogP contribution in [0.15, 0.2) is 24.3 Å². The fraction of sp³-hybridized carbons (Fsp3) is 0.625. The quantitative estimate of drug-likeness (QED) is 0.851. The van der Waals surface area contributed by atoms with Gasteiger partial charge in [-0.15, -0.1) is 0 Å². The van der Waals surface area contributed by atoms with Crippen LogP contribution >= 0.6 is 0 Å². The van der Waals surface area contributed by atoms with Gasteiger partial charge in [0.2, 0.25) is 0 Å². The zero-order chi connectivity index (χ0) is 13.8. The van der Waals surface area contributed by atoms with E-state index in [0.717, 1.165) is 19.6 Å². The van der Waals surface area contributed by atoms with Gasteiger partial charge in [0.1, 0.15) is 0 Å². The normalized spacial score (nSPS) is 22.2. The third-order valence-electron chi connectivity index (χ3n) is 4.16. The molecule has 106 valence electrons. The maximum Gasteiger partial charge on any atom is 0.0589 e. The molecule has 0 aromatic heterocycles. The van der Waals surface area contributed by atoms with Crippen LogP contribution in [0.25, 0.3) is 0 Å². The van der Waals surface area contributed by atoms with E-state index in [0.29, 0.717) is 18.1 Å². The van der Waals surface area contributed by atoms with Gasteiger partial charge >= 0.3 is 0 Å². The molecule has 1 aromatic carbocycles. The Hall–Kier alpha value is -0.900. The van der Waals surface area contributed by atoms with E-state index in [1.807, 2.05) is 0 Å². The Labute approximate surface area is 116 Å². The highest BCUT2D eigenvalue weighted by atomic mass is 16.5. The predicted molar refractivity (Wildman–Crippen MR) is 79.5 cm³/mol. The minimum absolute atomic E-state index is 0.426. The smallest absolute Gasteiger partial charge is 0.0589 e. The number of methoxy groups -OCH3 is 1. The van der Waals surface area contributed by atoms with Gasteiger partial charge in [0, 0.05) is 31.8 Å². The molecule has 3 heteroatoms. The lowest BCUT2D eigenvalue weighted by Crippen LogP contribution is -2.47. The summed E-state index contributed by atoms with van der Waals surface area (Å²) >= 11 is 0. The van der Waals surface area contributed by atoms with Crippen LogP contribution in [-0.4, -0.2) is 44.3 Å². The number of fused-ring (bicyclic) bond motifs is 1. The molecule has 0 fully saturated rings. The van der Waals surface area contributed by atoms with Crippen molar-refractivity contribution in [2.45, 2.75) is 38.4 Å². The Morgan fingerprint density at radius 1 is 1.37 bits per heavy atom. The van der Waals surface area contributed by atoms with E-state index in [9.17, 15) is 0 Å². The van der Waals surface area contributed by atoms with Gasteiger partial charge in [-0.05, 0) is 38.4 Å². The first-order chi connectivity index (χ1) is 9.19. The molecule has 1 N–H and O–H groups in total. The molecular weight excluding hydrogens is 236 g/mol. The van der Waals surface area contributed by atoms with Gasteiger partial charge in [0.05, 0.1) is 6.61 Å². The van der Waals surface area contributed by atoms with E-state index >= 15 is 0 Å². The van der Waals surface area contributed by atoms with Gasteiger partial charge in [0.15, 0.2) is 0 Å². The summed E-state index contributed by atoms with van der Waals surface area (Å²) in [5, 5.41) is 3.50. The standard InChI is InChI=1S/C16H26N2O/c1-12(2)18(9-10-19-4)15-11-13-7-5-6-8-14(13)16(15)17-3/h5-8,12,15-17H,9-11H2,1-4H3. The van der Waals surface area contributed by atoms with Crippen molar-refractivity contribution in [1.82, 2.24) is 10.2 Å². The van der Waals surface area contributed by atoms with Crippen LogP contribution in [0.1, 0.15) is 31.0 Å². The van der Waals surface area contributed by atoms with E-state index in [-0.39, 0.29) is 0 Å². The molecule has 0 bridgehead atoms. The van der Waals surface area contributed by atoms with Crippen molar-refractivity contribution < 1.29 is 4.74 Å². The second-order valence-electron chi connectivity index (χ2n) is 5.56. The van der Waals surface area contributed by atoms with E-state index in [2.05, 4.69) is 55.4 Å². The zero-order valence-electron chi connectivity index (χ0n) is 12.5. The van der Waals surface area contributed by atoms with Gasteiger partial charge in [0.25, 0.3) is 0 Å². The number of rotatable bonds is 6. The lowest BCUT2D eigenvalue weighted by atomic mass is 10.1. The van der Waals surface area contributed by atoms with E-state index in [1.54, 1.807) is 7.11 Å². The van der Waals surface area contributed by atoms with Gasteiger partial charge in [-0.2, -0.15) is 0 Å². The number of nitrogens with one attached hydrogen (secondary N) is 1. The Morgan fingerprint density at radius 3 is 2.74 bits per heavy atom. The van der Waals surface area contributed by atoms with Crippen molar-refractivity contribution in [3.63, 3.8) is 0 Å². The van der Waals surface area contributed by atoms with Gasteiger partial charge < -0.3 is 10.1 Å². The second-order valence-corrected chi connectivity index (χ2v) is 5.56. The van der Waals surface area contributed by atoms with Gasteiger partial charge in [-0.1, -0.05) is 24.3 Å². The molecule has 1 aromatic rings. The van der Waals surface area contributed by atoms with Crippen molar-refractivity contribution in [2.75, 3.05) is 27.3 Å². The predicted octanol–water partition coefficient (Wildman–Crippen LogP) is 2.23. The molecule has 0 radical (unpaired) electrons. The minimum Gasteiger partial charge on any atom is -0.383 e. The van der Waals surface area contributed by atoms with Gasteiger partial charge in [-0.3, -0.25) is 4.90 Å². The maximum atomic E-state index is 5.27. The zero-order valence-corrected chi connectivity index (χ0v) is 12.5. The summed E-state index contributed by atoms with van der Waals surface area (Å²) in [4.78, 5) is 2.56. The molecule has 0 saturated heterocycles. The molecule has 1 aliphatic rings. The first kappa shape index (κ1) is 14.5. The number of benzene rings is 1.